The Balaban J connectivity index is 1.36. The van der Waals surface area contributed by atoms with Gasteiger partial charge in [0.1, 0.15) is 0 Å². The van der Waals surface area contributed by atoms with Gasteiger partial charge in [0.2, 0.25) is 5.91 Å². The summed E-state index contributed by atoms with van der Waals surface area (Å²) in [6.07, 6.45) is 0.744. The number of aryl methyl sites for hydroxylation is 1. The van der Waals surface area contributed by atoms with Crippen LogP contribution in [0.25, 0.3) is 21.8 Å². The van der Waals surface area contributed by atoms with Gasteiger partial charge in [0.05, 0.1) is 26.2 Å². The number of hydrogen-bond donors (Lipinski definition) is 1. The van der Waals surface area contributed by atoms with E-state index < -0.39 is 12.0 Å². The zero-order valence-corrected chi connectivity index (χ0v) is 23.3. The largest absolute Gasteiger partial charge is 0.493 e. The Morgan fingerprint density at radius 3 is 2.41 bits per heavy atom. The van der Waals surface area contributed by atoms with Crippen LogP contribution < -0.4 is 14.8 Å². The predicted molar refractivity (Wildman–Crippen MR) is 160 cm³/mol. The number of aromatic nitrogens is 1. The second-order valence-corrected chi connectivity index (χ2v) is 10.6. The lowest BCUT2D eigenvalue weighted by Crippen LogP contribution is -2.49. The van der Waals surface area contributed by atoms with E-state index in [4.69, 9.17) is 9.47 Å². The van der Waals surface area contributed by atoms with Gasteiger partial charge in [-0.2, -0.15) is 0 Å². The van der Waals surface area contributed by atoms with E-state index in [0.29, 0.717) is 29.2 Å². The van der Waals surface area contributed by atoms with Gasteiger partial charge in [-0.3, -0.25) is 9.59 Å². The number of hydrogen-bond acceptors (Lipinski definition) is 4. The minimum absolute atomic E-state index is 0.0988. The van der Waals surface area contributed by atoms with E-state index in [1.54, 1.807) is 26.4 Å². The fourth-order valence-electron chi connectivity index (χ4n) is 6.82. The first-order chi connectivity index (χ1) is 20.0. The monoisotopic (exact) mass is 545 g/mol. The van der Waals surface area contributed by atoms with Crippen molar-refractivity contribution in [1.29, 1.82) is 0 Å². The molecule has 2 amide bonds. The molecule has 7 nitrogen and oxygen atoms in total. The number of fused-ring (bicyclic) bond motifs is 7. The number of rotatable bonds is 5. The van der Waals surface area contributed by atoms with Crippen LogP contribution in [0.1, 0.15) is 45.9 Å². The van der Waals surface area contributed by atoms with E-state index >= 15 is 0 Å². The number of benzene rings is 4. The number of methoxy groups -OCH3 is 2. The maximum absolute atomic E-state index is 14.4. The number of anilines is 1. The summed E-state index contributed by atoms with van der Waals surface area (Å²) in [5.74, 6) is 0.0433. The summed E-state index contributed by atoms with van der Waals surface area (Å²) in [6, 6.07) is 25.6. The molecule has 0 fully saturated rings. The molecule has 0 unspecified atom stereocenters. The molecule has 4 aromatic carbocycles. The molecule has 3 heterocycles. The van der Waals surface area contributed by atoms with Crippen molar-refractivity contribution in [3.8, 4) is 11.5 Å². The Morgan fingerprint density at radius 1 is 0.878 bits per heavy atom. The predicted octanol–water partition coefficient (Wildman–Crippen LogP) is 6.31. The first-order valence-electron chi connectivity index (χ1n) is 14.0. The Labute approximate surface area is 238 Å². The number of carbonyl (C=O) groups is 2. The average Bonchev–Trinajstić information content (AvgIpc) is 3.33. The van der Waals surface area contributed by atoms with Gasteiger partial charge in [0.15, 0.2) is 11.5 Å². The number of carbonyl (C=O) groups excluding carboxylic acids is 2. The van der Waals surface area contributed by atoms with Crippen LogP contribution in [-0.4, -0.2) is 42.0 Å². The van der Waals surface area contributed by atoms with E-state index in [1.165, 1.54) is 5.52 Å². The van der Waals surface area contributed by atoms with Crippen LogP contribution in [0.5, 0.6) is 11.5 Å². The van der Waals surface area contributed by atoms with Crippen molar-refractivity contribution in [2.45, 2.75) is 31.8 Å². The molecule has 41 heavy (non-hydrogen) atoms. The van der Waals surface area contributed by atoms with Crippen LogP contribution in [-0.2, 0) is 17.8 Å². The highest BCUT2D eigenvalue weighted by Gasteiger charge is 2.47. The zero-order chi connectivity index (χ0) is 28.2. The molecule has 5 aromatic rings. The van der Waals surface area contributed by atoms with Gasteiger partial charge in [-0.25, -0.2) is 0 Å². The molecule has 2 atom stereocenters. The summed E-state index contributed by atoms with van der Waals surface area (Å²) in [4.78, 5) is 30.1. The number of nitrogens with one attached hydrogen (secondary N) is 1. The molecule has 0 saturated heterocycles. The van der Waals surface area contributed by atoms with Crippen molar-refractivity contribution in [3.05, 3.63) is 101 Å². The standard InChI is InChI=1S/C34H31N3O4/c1-4-36-27-12-8-7-11-23(27)24-17-21(13-14-28(24)36)35-33(38)31-25-18-29(40-2)30(41-3)19-26(25)34(39)37-16-15-20-9-5-6-10-22(20)32(31)37/h5-14,17-19,31-32H,4,15-16H2,1-3H3,(H,35,38)/t31-,32-/m1/s1. The summed E-state index contributed by atoms with van der Waals surface area (Å²) in [6.45, 7) is 3.53. The summed E-state index contributed by atoms with van der Waals surface area (Å²) >= 11 is 0. The van der Waals surface area contributed by atoms with Gasteiger partial charge in [-0.1, -0.05) is 42.5 Å². The second-order valence-electron chi connectivity index (χ2n) is 10.6. The topological polar surface area (TPSA) is 72.8 Å². The molecule has 0 bridgehead atoms. The highest BCUT2D eigenvalue weighted by atomic mass is 16.5. The first kappa shape index (κ1) is 25.2. The molecule has 0 radical (unpaired) electrons. The number of nitrogens with zero attached hydrogens (tertiary/aromatic N) is 2. The first-order valence-corrected chi connectivity index (χ1v) is 14.0. The molecule has 7 heteroatoms. The van der Waals surface area contributed by atoms with Crippen molar-refractivity contribution in [3.63, 3.8) is 0 Å². The smallest absolute Gasteiger partial charge is 0.254 e. The number of para-hydroxylation sites is 1. The van der Waals surface area contributed by atoms with Crippen LogP contribution in [0.2, 0.25) is 0 Å². The summed E-state index contributed by atoms with van der Waals surface area (Å²) in [5, 5.41) is 5.47. The number of amides is 2. The van der Waals surface area contributed by atoms with Gasteiger partial charge in [-0.15, -0.1) is 0 Å². The molecule has 1 N–H and O–H groups in total. The Bertz CT molecular complexity index is 1860. The Hall–Kier alpha value is -4.78. The molecule has 0 aliphatic carbocycles. The Kier molecular flexibility index (Phi) is 5.96. The number of ether oxygens (including phenoxy) is 2. The fraction of sp³-hybridized carbons (Fsp3) is 0.235. The zero-order valence-electron chi connectivity index (χ0n) is 23.3. The molecule has 206 valence electrons. The van der Waals surface area contributed by atoms with Gasteiger partial charge in [0.25, 0.3) is 5.91 Å². The summed E-state index contributed by atoms with van der Waals surface area (Å²) in [7, 11) is 3.11. The summed E-state index contributed by atoms with van der Waals surface area (Å²) < 4.78 is 13.4. The molecular weight excluding hydrogens is 514 g/mol. The van der Waals surface area contributed by atoms with Crippen LogP contribution >= 0.6 is 0 Å². The minimum atomic E-state index is -0.642. The van der Waals surface area contributed by atoms with E-state index in [2.05, 4.69) is 53.2 Å². The Morgan fingerprint density at radius 2 is 1.61 bits per heavy atom. The van der Waals surface area contributed by atoms with Gasteiger partial charge in [-0.05, 0) is 66.4 Å². The normalized spacial score (nSPS) is 17.6. The maximum Gasteiger partial charge on any atom is 0.254 e. The third-order valence-electron chi connectivity index (χ3n) is 8.67. The van der Waals surface area contributed by atoms with E-state index in [0.717, 1.165) is 46.1 Å². The maximum atomic E-state index is 14.4. The lowest BCUT2D eigenvalue weighted by Gasteiger charge is -2.45. The third kappa shape index (κ3) is 3.79. The van der Waals surface area contributed by atoms with Gasteiger partial charge < -0.3 is 24.3 Å². The SMILES string of the molecule is CCn1c2ccccc2c2cc(NC(=O)[C@@H]3c4cc(OC)c(OC)cc4C(=O)N4CCc5ccccc5[C@H]34)ccc21. The minimum Gasteiger partial charge on any atom is -0.493 e. The average molecular weight is 546 g/mol. The van der Waals surface area contributed by atoms with E-state index in [9.17, 15) is 9.59 Å². The van der Waals surface area contributed by atoms with Gasteiger partial charge >= 0.3 is 0 Å². The van der Waals surface area contributed by atoms with Crippen molar-refractivity contribution >= 4 is 39.3 Å². The van der Waals surface area contributed by atoms with Crippen molar-refractivity contribution in [2.24, 2.45) is 0 Å². The second kappa shape index (κ2) is 9.70. The van der Waals surface area contributed by atoms with E-state index in [1.807, 2.05) is 35.2 Å². The van der Waals surface area contributed by atoms with Gasteiger partial charge in [0, 0.05) is 46.1 Å². The van der Waals surface area contributed by atoms with Crippen molar-refractivity contribution in [2.75, 3.05) is 26.1 Å². The van der Waals surface area contributed by atoms with Crippen molar-refractivity contribution < 1.29 is 19.1 Å². The van der Waals surface area contributed by atoms with Crippen LogP contribution in [0.3, 0.4) is 0 Å². The lowest BCUT2D eigenvalue weighted by atomic mass is 9.75. The lowest BCUT2D eigenvalue weighted by molar-refractivity contribution is -0.119. The van der Waals surface area contributed by atoms with E-state index in [-0.39, 0.29) is 11.8 Å². The highest BCUT2D eigenvalue weighted by molar-refractivity contribution is 6.11. The highest BCUT2D eigenvalue weighted by Crippen LogP contribution is 2.49. The molecule has 2 aliphatic heterocycles. The summed E-state index contributed by atoms with van der Waals surface area (Å²) in [5.41, 5.74) is 6.31. The van der Waals surface area contributed by atoms with Crippen LogP contribution in [0.4, 0.5) is 5.69 Å². The molecule has 7 rings (SSSR count). The molecule has 0 spiro atoms. The molecular formula is C34H31N3O4. The van der Waals surface area contributed by atoms with Crippen LogP contribution in [0, 0.1) is 0 Å². The molecule has 1 aromatic heterocycles. The van der Waals surface area contributed by atoms with Crippen LogP contribution in [0.15, 0.2) is 78.9 Å². The van der Waals surface area contributed by atoms with Crippen molar-refractivity contribution in [1.82, 2.24) is 9.47 Å². The fourth-order valence-corrected chi connectivity index (χ4v) is 6.82. The molecule has 0 saturated carbocycles. The molecule has 2 aliphatic rings. The third-order valence-corrected chi connectivity index (χ3v) is 8.67. The quantitative estimate of drug-likeness (QED) is 0.281.